The van der Waals surface area contributed by atoms with E-state index in [1.165, 1.54) is 6.92 Å². The second kappa shape index (κ2) is 11.8. The number of benzene rings is 1. The van der Waals surface area contributed by atoms with Gasteiger partial charge in [-0.25, -0.2) is 9.69 Å². The number of aliphatic carboxylic acids is 1. The highest BCUT2D eigenvalue weighted by Gasteiger charge is 2.32. The van der Waals surface area contributed by atoms with E-state index >= 15 is 0 Å². The molecule has 0 radical (unpaired) electrons. The van der Waals surface area contributed by atoms with Gasteiger partial charge in [0, 0.05) is 6.08 Å². The van der Waals surface area contributed by atoms with Crippen molar-refractivity contribution in [3.8, 4) is 0 Å². The molecule has 1 unspecified atom stereocenters. The average molecular weight is 450 g/mol. The first-order chi connectivity index (χ1) is 14.8. The van der Waals surface area contributed by atoms with Gasteiger partial charge in [0.05, 0.1) is 18.2 Å². The number of hydrogen-bond acceptors (Lipinski definition) is 7. The number of imide groups is 1. The molecule has 1 rings (SSSR count). The van der Waals surface area contributed by atoms with Gasteiger partial charge < -0.3 is 25.6 Å². The Labute approximate surface area is 187 Å². The highest BCUT2D eigenvalue weighted by Crippen LogP contribution is 2.14. The van der Waals surface area contributed by atoms with Crippen molar-refractivity contribution < 1.29 is 33.8 Å². The van der Waals surface area contributed by atoms with E-state index in [0.717, 1.165) is 11.6 Å². The summed E-state index contributed by atoms with van der Waals surface area (Å²) in [5.74, 6) is -2.63. The van der Waals surface area contributed by atoms with Gasteiger partial charge in [0.2, 0.25) is 5.91 Å². The molecular weight excluding hydrogens is 418 g/mol. The van der Waals surface area contributed by atoms with Crippen LogP contribution in [-0.4, -0.2) is 51.7 Å². The number of hydrogen-bond donors (Lipinski definition) is 3. The van der Waals surface area contributed by atoms with Crippen molar-refractivity contribution in [2.24, 2.45) is 5.73 Å². The Hall–Kier alpha value is -3.40. The van der Waals surface area contributed by atoms with E-state index in [0.29, 0.717) is 4.90 Å². The highest BCUT2D eigenvalue weighted by atomic mass is 16.6. The second-order valence-electron chi connectivity index (χ2n) is 8.11. The topological polar surface area (TPSA) is 148 Å². The minimum atomic E-state index is -1.35. The number of carboxylic acids is 1. The minimum Gasteiger partial charge on any atom is -0.493 e. The van der Waals surface area contributed by atoms with E-state index < -0.39 is 48.1 Å². The molecule has 0 aromatic heterocycles. The fourth-order valence-electron chi connectivity index (χ4n) is 2.46. The van der Waals surface area contributed by atoms with E-state index in [-0.39, 0.29) is 12.4 Å². The zero-order valence-corrected chi connectivity index (χ0v) is 19.0. The lowest BCUT2D eigenvalue weighted by atomic mass is 10.2. The van der Waals surface area contributed by atoms with Crippen molar-refractivity contribution in [3.63, 3.8) is 0 Å². The third-order valence-corrected chi connectivity index (χ3v) is 3.93. The van der Waals surface area contributed by atoms with Gasteiger partial charge in [0.15, 0.2) is 0 Å². The Morgan fingerprint density at radius 1 is 1.19 bits per heavy atom. The quantitative estimate of drug-likeness (QED) is 0.295. The van der Waals surface area contributed by atoms with Crippen LogP contribution in [0.5, 0.6) is 0 Å². The third-order valence-electron chi connectivity index (χ3n) is 3.93. The molecule has 3 amide bonds. The lowest BCUT2D eigenvalue weighted by Crippen LogP contribution is -2.55. The predicted octanol–water partition coefficient (Wildman–Crippen LogP) is 2.13. The molecule has 2 atom stereocenters. The van der Waals surface area contributed by atoms with Gasteiger partial charge >= 0.3 is 12.1 Å². The molecule has 0 spiro atoms. The summed E-state index contributed by atoms with van der Waals surface area (Å²) >= 11 is 0. The highest BCUT2D eigenvalue weighted by molar-refractivity contribution is 5.99. The molecule has 176 valence electrons. The third kappa shape index (κ3) is 9.61. The zero-order valence-electron chi connectivity index (χ0n) is 19.0. The molecule has 0 heterocycles. The summed E-state index contributed by atoms with van der Waals surface area (Å²) in [5, 5.41) is 11.2. The number of carbonyl (C=O) groups is 4. The van der Waals surface area contributed by atoms with Crippen LogP contribution in [0.25, 0.3) is 0 Å². The van der Waals surface area contributed by atoms with Gasteiger partial charge in [-0.2, -0.15) is 0 Å². The average Bonchev–Trinajstić information content (AvgIpc) is 2.65. The van der Waals surface area contributed by atoms with Crippen LogP contribution in [0.15, 0.2) is 42.2 Å². The number of nitrogens with two attached hydrogens (primary N) is 1. The number of carboxylic acid groups (broad SMARTS) is 1. The van der Waals surface area contributed by atoms with E-state index in [9.17, 15) is 19.2 Å². The largest absolute Gasteiger partial charge is 0.493 e. The van der Waals surface area contributed by atoms with Crippen LogP contribution < -0.4 is 11.1 Å². The van der Waals surface area contributed by atoms with Crippen LogP contribution in [-0.2, 0) is 30.5 Å². The Bertz CT molecular complexity index is 847. The Balaban J connectivity index is 2.98. The van der Waals surface area contributed by atoms with Gasteiger partial charge in [-0.1, -0.05) is 30.3 Å². The molecule has 4 N–H and O–H groups in total. The fraction of sp³-hybridized carbons (Fsp3) is 0.455. The van der Waals surface area contributed by atoms with Gasteiger partial charge in [-0.3, -0.25) is 14.4 Å². The maximum Gasteiger partial charge on any atom is 0.419 e. The van der Waals surface area contributed by atoms with Gasteiger partial charge in [-0.15, -0.1) is 0 Å². The molecule has 1 aromatic rings. The summed E-state index contributed by atoms with van der Waals surface area (Å²) in [4.78, 5) is 49.2. The molecule has 0 aliphatic rings. The van der Waals surface area contributed by atoms with Gasteiger partial charge in [0.25, 0.3) is 5.91 Å². The summed E-state index contributed by atoms with van der Waals surface area (Å²) in [5.41, 5.74) is 5.54. The van der Waals surface area contributed by atoms with E-state index in [1.54, 1.807) is 27.7 Å². The standard InChI is InChI=1S/C22H31N3O7/c1-14(31-13-16-9-7-6-8-10-16)11-18(26)25(21(30)32-22(3,4)5)15(2)24-20(29)17(23)12-19(27)28/h6-11,15,17H,12-13,23H2,1-5H3,(H,24,29)(H,27,28)/t15?,17-/m0/s1. The molecule has 10 nitrogen and oxygen atoms in total. The van der Waals surface area contributed by atoms with E-state index in [4.69, 9.17) is 20.3 Å². The number of ether oxygens (including phenoxy) is 2. The number of rotatable bonds is 9. The Morgan fingerprint density at radius 2 is 1.78 bits per heavy atom. The van der Waals surface area contributed by atoms with Crippen LogP contribution in [0.1, 0.15) is 46.6 Å². The molecular formula is C22H31N3O7. The minimum absolute atomic E-state index is 0.221. The summed E-state index contributed by atoms with van der Waals surface area (Å²) in [6, 6.07) is 7.95. The molecule has 0 saturated heterocycles. The molecule has 32 heavy (non-hydrogen) atoms. The first kappa shape index (κ1) is 26.6. The lowest BCUT2D eigenvalue weighted by molar-refractivity contribution is -0.140. The number of amides is 3. The number of nitrogens with zero attached hydrogens (tertiary/aromatic N) is 1. The van der Waals surface area contributed by atoms with Crippen LogP contribution in [0.4, 0.5) is 4.79 Å². The van der Waals surface area contributed by atoms with Gasteiger partial charge in [-0.05, 0) is 40.2 Å². The number of carbonyl (C=O) groups excluding carboxylic acids is 3. The first-order valence-corrected chi connectivity index (χ1v) is 9.99. The Morgan fingerprint density at radius 3 is 2.31 bits per heavy atom. The van der Waals surface area contributed by atoms with Crippen molar-refractivity contribution in [1.82, 2.24) is 10.2 Å². The summed E-state index contributed by atoms with van der Waals surface area (Å²) in [6.07, 6.45) is -1.66. The van der Waals surface area contributed by atoms with Crippen LogP contribution in [0.2, 0.25) is 0 Å². The second-order valence-corrected chi connectivity index (χ2v) is 8.11. The van der Waals surface area contributed by atoms with Crippen molar-refractivity contribution in [2.45, 2.75) is 65.5 Å². The molecule has 0 saturated carbocycles. The van der Waals surface area contributed by atoms with E-state index in [1.807, 2.05) is 30.3 Å². The fourth-order valence-corrected chi connectivity index (χ4v) is 2.46. The number of allylic oxidation sites excluding steroid dienone is 1. The molecule has 1 aromatic carbocycles. The van der Waals surface area contributed by atoms with E-state index in [2.05, 4.69) is 5.32 Å². The molecule has 0 aliphatic carbocycles. The van der Waals surface area contributed by atoms with Crippen LogP contribution >= 0.6 is 0 Å². The molecule has 0 bridgehead atoms. The molecule has 0 aliphatic heterocycles. The lowest BCUT2D eigenvalue weighted by Gasteiger charge is -2.30. The number of nitrogens with one attached hydrogen (secondary N) is 1. The van der Waals surface area contributed by atoms with Crippen LogP contribution in [0.3, 0.4) is 0 Å². The van der Waals surface area contributed by atoms with Crippen molar-refractivity contribution in [1.29, 1.82) is 0 Å². The predicted molar refractivity (Wildman–Crippen MR) is 116 cm³/mol. The maximum absolute atomic E-state index is 12.9. The molecule has 0 fully saturated rings. The monoisotopic (exact) mass is 449 g/mol. The summed E-state index contributed by atoms with van der Waals surface area (Å²) in [6.45, 7) is 8.04. The normalized spacial score (nSPS) is 13.5. The summed E-state index contributed by atoms with van der Waals surface area (Å²) < 4.78 is 10.8. The summed E-state index contributed by atoms with van der Waals surface area (Å²) in [7, 11) is 0. The Kier molecular flexibility index (Phi) is 9.86. The smallest absolute Gasteiger partial charge is 0.419 e. The first-order valence-electron chi connectivity index (χ1n) is 9.99. The molecule has 10 heteroatoms. The maximum atomic E-state index is 12.9. The van der Waals surface area contributed by atoms with Crippen molar-refractivity contribution in [3.05, 3.63) is 47.7 Å². The van der Waals surface area contributed by atoms with Crippen molar-refractivity contribution in [2.75, 3.05) is 0 Å². The zero-order chi connectivity index (χ0) is 24.5. The van der Waals surface area contributed by atoms with Crippen LogP contribution in [0, 0.1) is 0 Å². The van der Waals surface area contributed by atoms with Crippen molar-refractivity contribution >= 4 is 23.9 Å². The SMILES string of the molecule is CC(=CC(=O)N(C(=O)OC(C)(C)C)C(C)NC(=O)[C@@H](N)CC(=O)O)OCc1ccccc1. The van der Waals surface area contributed by atoms with Gasteiger partial charge in [0.1, 0.15) is 18.4 Å².